The van der Waals surface area contributed by atoms with Gasteiger partial charge in [0.2, 0.25) is 0 Å². The van der Waals surface area contributed by atoms with Gasteiger partial charge in [-0.1, -0.05) is 30.2 Å². The molecule has 4 nitrogen and oxygen atoms in total. The summed E-state index contributed by atoms with van der Waals surface area (Å²) in [6.07, 6.45) is 8.65. The standard InChI is InChI=1S/C20H27ClN2O2/c21-16-4-1-3-15(11-16)19(25-17-5-2-6-17)12-22-20(24)23-18-10-13-7-8-14(18)9-13/h1,3-4,11,13-14,17-19H,2,5-10,12H2,(H2,22,23,24)/t13-,14+,18?,19?/m0/s1. The van der Waals surface area contributed by atoms with Crippen LogP contribution in [0.3, 0.4) is 0 Å². The number of hydrogen-bond donors (Lipinski definition) is 2. The lowest BCUT2D eigenvalue weighted by atomic mass is 9.95. The first-order valence-electron chi connectivity index (χ1n) is 9.62. The van der Waals surface area contributed by atoms with Crippen LogP contribution in [0.5, 0.6) is 0 Å². The van der Waals surface area contributed by atoms with Crippen LogP contribution in [0.2, 0.25) is 5.02 Å². The predicted molar refractivity (Wildman–Crippen MR) is 98.7 cm³/mol. The Bertz CT molecular complexity index is 619. The first-order chi connectivity index (χ1) is 12.2. The summed E-state index contributed by atoms with van der Waals surface area (Å²) >= 11 is 6.13. The van der Waals surface area contributed by atoms with Gasteiger partial charge in [-0.2, -0.15) is 0 Å². The summed E-state index contributed by atoms with van der Waals surface area (Å²) in [5, 5.41) is 6.90. The minimum Gasteiger partial charge on any atom is -0.368 e. The van der Waals surface area contributed by atoms with Gasteiger partial charge in [0.1, 0.15) is 6.10 Å². The van der Waals surface area contributed by atoms with Crippen LogP contribution in [0.1, 0.15) is 56.6 Å². The Morgan fingerprint density at radius 2 is 2.12 bits per heavy atom. The molecule has 0 aromatic heterocycles. The zero-order valence-corrected chi connectivity index (χ0v) is 15.3. The summed E-state index contributed by atoms with van der Waals surface area (Å²) in [5.74, 6) is 1.52. The molecule has 25 heavy (non-hydrogen) atoms. The quantitative estimate of drug-likeness (QED) is 0.786. The molecule has 0 radical (unpaired) electrons. The van der Waals surface area contributed by atoms with Crippen LogP contribution in [0.4, 0.5) is 4.79 Å². The second kappa shape index (κ2) is 7.55. The second-order valence-corrected chi connectivity index (χ2v) is 8.30. The molecule has 4 rings (SSSR count). The van der Waals surface area contributed by atoms with Crippen LogP contribution in [-0.2, 0) is 4.74 Å². The molecule has 3 saturated carbocycles. The Balaban J connectivity index is 1.32. The Morgan fingerprint density at radius 1 is 1.24 bits per heavy atom. The van der Waals surface area contributed by atoms with E-state index in [0.29, 0.717) is 29.6 Å². The molecule has 4 atom stereocenters. The van der Waals surface area contributed by atoms with Crippen molar-refractivity contribution < 1.29 is 9.53 Å². The number of urea groups is 1. The van der Waals surface area contributed by atoms with E-state index in [9.17, 15) is 4.79 Å². The number of rotatable bonds is 6. The van der Waals surface area contributed by atoms with Gasteiger partial charge in [-0.05, 0) is 68.1 Å². The Labute approximate surface area is 154 Å². The molecule has 3 fully saturated rings. The number of ether oxygens (including phenoxy) is 1. The topological polar surface area (TPSA) is 50.4 Å². The van der Waals surface area contributed by atoms with E-state index in [1.165, 1.54) is 25.7 Å². The second-order valence-electron chi connectivity index (χ2n) is 7.87. The fourth-order valence-electron chi connectivity index (χ4n) is 4.52. The van der Waals surface area contributed by atoms with Crippen molar-refractivity contribution in [2.75, 3.05) is 6.54 Å². The van der Waals surface area contributed by atoms with Crippen molar-refractivity contribution >= 4 is 17.6 Å². The largest absolute Gasteiger partial charge is 0.368 e. The fraction of sp³-hybridized carbons (Fsp3) is 0.650. The van der Waals surface area contributed by atoms with Gasteiger partial charge in [-0.15, -0.1) is 0 Å². The van der Waals surface area contributed by atoms with Crippen molar-refractivity contribution in [3.8, 4) is 0 Å². The molecule has 0 spiro atoms. The first-order valence-corrected chi connectivity index (χ1v) is 10.0. The third kappa shape index (κ3) is 4.12. The van der Waals surface area contributed by atoms with E-state index in [-0.39, 0.29) is 12.1 Å². The Morgan fingerprint density at radius 3 is 2.76 bits per heavy atom. The number of hydrogen-bond acceptors (Lipinski definition) is 2. The molecule has 3 aliphatic carbocycles. The Kier molecular flexibility index (Phi) is 5.18. The van der Waals surface area contributed by atoms with Crippen molar-refractivity contribution in [1.82, 2.24) is 10.6 Å². The van der Waals surface area contributed by atoms with Crippen LogP contribution in [-0.4, -0.2) is 24.7 Å². The van der Waals surface area contributed by atoms with Crippen LogP contribution < -0.4 is 10.6 Å². The number of carbonyl (C=O) groups excluding carboxylic acids is 1. The SMILES string of the molecule is O=C(NCC(OC1CCC1)c1cccc(Cl)c1)NC1C[C@H]2CC[C@@H]1C2. The van der Waals surface area contributed by atoms with Crippen LogP contribution in [0, 0.1) is 11.8 Å². The third-order valence-electron chi connectivity index (χ3n) is 6.13. The highest BCUT2D eigenvalue weighted by atomic mass is 35.5. The summed E-state index contributed by atoms with van der Waals surface area (Å²) in [6.45, 7) is 0.476. The lowest BCUT2D eigenvalue weighted by Gasteiger charge is -2.31. The first kappa shape index (κ1) is 17.2. The van der Waals surface area contributed by atoms with Crippen LogP contribution in [0.15, 0.2) is 24.3 Å². The van der Waals surface area contributed by atoms with Gasteiger partial charge in [-0.3, -0.25) is 0 Å². The maximum absolute atomic E-state index is 12.3. The van der Waals surface area contributed by atoms with Gasteiger partial charge >= 0.3 is 6.03 Å². The van der Waals surface area contributed by atoms with E-state index in [1.54, 1.807) is 0 Å². The zero-order chi connectivity index (χ0) is 17.2. The minimum atomic E-state index is -0.144. The van der Waals surface area contributed by atoms with Gasteiger partial charge in [0, 0.05) is 17.6 Å². The molecule has 3 aliphatic rings. The average Bonchev–Trinajstić information content (AvgIpc) is 3.16. The maximum Gasteiger partial charge on any atom is 0.315 e. The zero-order valence-electron chi connectivity index (χ0n) is 14.5. The Hall–Kier alpha value is -1.26. The van der Waals surface area contributed by atoms with Crippen molar-refractivity contribution in [3.05, 3.63) is 34.9 Å². The number of halogens is 1. The normalized spacial score (nSPS) is 29.2. The molecule has 2 amide bonds. The molecule has 5 heteroatoms. The van der Waals surface area contributed by atoms with Crippen molar-refractivity contribution in [1.29, 1.82) is 0 Å². The van der Waals surface area contributed by atoms with Crippen LogP contribution in [0.25, 0.3) is 0 Å². The number of nitrogens with one attached hydrogen (secondary N) is 2. The van der Waals surface area contributed by atoms with Crippen LogP contribution >= 0.6 is 11.6 Å². The van der Waals surface area contributed by atoms with E-state index in [1.807, 2.05) is 24.3 Å². The summed E-state index contributed by atoms with van der Waals surface area (Å²) in [4.78, 5) is 12.3. The molecule has 0 saturated heterocycles. The smallest absolute Gasteiger partial charge is 0.315 e. The summed E-state index contributed by atoms with van der Waals surface area (Å²) in [5.41, 5.74) is 1.03. The van der Waals surface area contributed by atoms with E-state index in [0.717, 1.165) is 30.7 Å². The molecular formula is C20H27ClN2O2. The summed E-state index contributed by atoms with van der Waals surface area (Å²) < 4.78 is 6.20. The fourth-order valence-corrected chi connectivity index (χ4v) is 4.72. The van der Waals surface area contributed by atoms with Gasteiger partial charge in [0.15, 0.2) is 0 Å². The van der Waals surface area contributed by atoms with Gasteiger partial charge in [0.25, 0.3) is 0 Å². The van der Waals surface area contributed by atoms with E-state index in [4.69, 9.17) is 16.3 Å². The van der Waals surface area contributed by atoms with Gasteiger partial charge in [0.05, 0.1) is 6.10 Å². The van der Waals surface area contributed by atoms with Crippen molar-refractivity contribution in [3.63, 3.8) is 0 Å². The molecule has 136 valence electrons. The predicted octanol–water partition coefficient (Wildman–Crippen LogP) is 4.44. The number of carbonyl (C=O) groups is 1. The summed E-state index contributed by atoms with van der Waals surface area (Å²) in [7, 11) is 0. The number of amides is 2. The van der Waals surface area contributed by atoms with E-state index < -0.39 is 0 Å². The maximum atomic E-state index is 12.3. The highest BCUT2D eigenvalue weighted by Gasteiger charge is 2.40. The van der Waals surface area contributed by atoms with Crippen molar-refractivity contribution in [2.24, 2.45) is 11.8 Å². The number of fused-ring (bicyclic) bond motifs is 2. The molecular weight excluding hydrogens is 336 g/mol. The monoisotopic (exact) mass is 362 g/mol. The molecule has 1 aromatic rings. The van der Waals surface area contributed by atoms with Gasteiger partial charge < -0.3 is 15.4 Å². The molecule has 2 N–H and O–H groups in total. The highest BCUT2D eigenvalue weighted by Crippen LogP contribution is 2.44. The average molecular weight is 363 g/mol. The third-order valence-corrected chi connectivity index (χ3v) is 6.37. The minimum absolute atomic E-state index is 0.0678. The molecule has 1 aromatic carbocycles. The number of benzene rings is 1. The molecule has 0 heterocycles. The van der Waals surface area contributed by atoms with Crippen molar-refractivity contribution in [2.45, 2.75) is 63.2 Å². The molecule has 0 aliphatic heterocycles. The highest BCUT2D eigenvalue weighted by molar-refractivity contribution is 6.30. The summed E-state index contributed by atoms with van der Waals surface area (Å²) in [6, 6.07) is 8.04. The van der Waals surface area contributed by atoms with Gasteiger partial charge in [-0.25, -0.2) is 4.79 Å². The van der Waals surface area contributed by atoms with E-state index >= 15 is 0 Å². The lowest BCUT2D eigenvalue weighted by Crippen LogP contribution is -2.45. The van der Waals surface area contributed by atoms with E-state index in [2.05, 4.69) is 10.6 Å². The lowest BCUT2D eigenvalue weighted by molar-refractivity contribution is -0.0509. The molecule has 2 bridgehead atoms. The molecule has 2 unspecified atom stereocenters.